The minimum absolute atomic E-state index is 0.0516. The number of nitrogens with one attached hydrogen (secondary N) is 1. The van der Waals surface area contributed by atoms with Gasteiger partial charge >= 0.3 is 0 Å². The molecule has 3 N–H and O–H groups in total. The van der Waals surface area contributed by atoms with E-state index >= 15 is 0 Å². The van der Waals surface area contributed by atoms with Crippen LogP contribution in [0.2, 0.25) is 5.02 Å². The Kier molecular flexibility index (Phi) is 5.08. The molecule has 1 aromatic heterocycles. The second kappa shape index (κ2) is 6.64. The number of hydrogen-bond acceptors (Lipinski definition) is 5. The molecule has 0 atom stereocenters. The van der Waals surface area contributed by atoms with E-state index in [4.69, 9.17) is 17.4 Å². The number of thioether (sulfide) groups is 1. The Balaban J connectivity index is 2.19. The molecule has 112 valence electrons. The average molecular weight is 323 g/mol. The quantitative estimate of drug-likeness (QED) is 0.506. The van der Waals surface area contributed by atoms with Crippen molar-refractivity contribution in [3.05, 3.63) is 46.9 Å². The molecule has 0 saturated carbocycles. The van der Waals surface area contributed by atoms with Crippen molar-refractivity contribution in [3.8, 4) is 0 Å². The van der Waals surface area contributed by atoms with Gasteiger partial charge in [-0.25, -0.2) is 15.8 Å². The van der Waals surface area contributed by atoms with E-state index in [1.807, 2.05) is 30.3 Å². The number of anilines is 1. The summed E-state index contributed by atoms with van der Waals surface area (Å²) < 4.78 is 0. The molecule has 0 fully saturated rings. The SMILES string of the molecule is CC(C)(C)c1cc(NN)nc(CSc2cccc(Cl)c2)n1. The Morgan fingerprint density at radius 2 is 2.00 bits per heavy atom. The number of benzene rings is 1. The molecule has 1 heterocycles. The van der Waals surface area contributed by atoms with Crippen molar-refractivity contribution >= 4 is 29.2 Å². The van der Waals surface area contributed by atoms with E-state index < -0.39 is 0 Å². The lowest BCUT2D eigenvalue weighted by Crippen LogP contribution is -2.18. The van der Waals surface area contributed by atoms with Gasteiger partial charge in [0.1, 0.15) is 11.6 Å². The summed E-state index contributed by atoms with van der Waals surface area (Å²) in [6.45, 7) is 6.34. The summed E-state index contributed by atoms with van der Waals surface area (Å²) in [5.41, 5.74) is 3.52. The Morgan fingerprint density at radius 3 is 2.62 bits per heavy atom. The zero-order valence-electron chi connectivity index (χ0n) is 12.4. The van der Waals surface area contributed by atoms with Crippen LogP contribution in [-0.4, -0.2) is 9.97 Å². The van der Waals surface area contributed by atoms with Gasteiger partial charge in [-0.05, 0) is 18.2 Å². The minimum atomic E-state index is -0.0516. The Bertz CT molecular complexity index is 625. The van der Waals surface area contributed by atoms with Crippen LogP contribution in [-0.2, 0) is 11.2 Å². The van der Waals surface area contributed by atoms with Crippen LogP contribution in [0.25, 0.3) is 0 Å². The summed E-state index contributed by atoms with van der Waals surface area (Å²) in [6.07, 6.45) is 0. The molecule has 6 heteroatoms. The summed E-state index contributed by atoms with van der Waals surface area (Å²) >= 11 is 7.64. The maximum atomic E-state index is 5.99. The van der Waals surface area contributed by atoms with Crippen molar-refractivity contribution in [3.63, 3.8) is 0 Å². The van der Waals surface area contributed by atoms with Crippen LogP contribution in [0.3, 0.4) is 0 Å². The molecule has 0 aliphatic carbocycles. The topological polar surface area (TPSA) is 63.8 Å². The third kappa shape index (κ3) is 4.59. The normalized spacial score (nSPS) is 11.5. The molecule has 0 aliphatic rings. The third-order valence-electron chi connectivity index (χ3n) is 2.85. The van der Waals surface area contributed by atoms with Crippen molar-refractivity contribution in [2.24, 2.45) is 5.84 Å². The number of rotatable bonds is 4. The number of nitrogens with zero attached hydrogens (tertiary/aromatic N) is 2. The predicted molar refractivity (Wildman–Crippen MR) is 89.6 cm³/mol. The summed E-state index contributed by atoms with van der Waals surface area (Å²) in [5.74, 6) is 7.55. The van der Waals surface area contributed by atoms with Crippen LogP contribution < -0.4 is 11.3 Å². The first-order valence-electron chi connectivity index (χ1n) is 6.62. The molecule has 1 aromatic carbocycles. The zero-order valence-corrected chi connectivity index (χ0v) is 13.9. The van der Waals surface area contributed by atoms with Crippen molar-refractivity contribution in [1.29, 1.82) is 0 Å². The number of aromatic nitrogens is 2. The maximum Gasteiger partial charge on any atom is 0.143 e. The van der Waals surface area contributed by atoms with Gasteiger partial charge in [0.15, 0.2) is 0 Å². The van der Waals surface area contributed by atoms with E-state index in [1.165, 1.54) is 0 Å². The number of hydrazine groups is 1. The summed E-state index contributed by atoms with van der Waals surface area (Å²) in [4.78, 5) is 10.1. The van der Waals surface area contributed by atoms with Crippen LogP contribution >= 0.6 is 23.4 Å². The highest BCUT2D eigenvalue weighted by Gasteiger charge is 2.17. The lowest BCUT2D eigenvalue weighted by Gasteiger charge is -2.19. The monoisotopic (exact) mass is 322 g/mol. The molecular weight excluding hydrogens is 304 g/mol. The van der Waals surface area contributed by atoms with Crippen LogP contribution in [0.5, 0.6) is 0 Å². The minimum Gasteiger partial charge on any atom is -0.308 e. The van der Waals surface area contributed by atoms with Crippen molar-refractivity contribution in [1.82, 2.24) is 9.97 Å². The van der Waals surface area contributed by atoms with Crippen LogP contribution in [0.15, 0.2) is 35.2 Å². The Morgan fingerprint density at radius 1 is 1.24 bits per heavy atom. The highest BCUT2D eigenvalue weighted by molar-refractivity contribution is 7.98. The van der Waals surface area contributed by atoms with Crippen LogP contribution in [0.4, 0.5) is 5.82 Å². The van der Waals surface area contributed by atoms with Gasteiger partial charge in [-0.3, -0.25) is 0 Å². The Labute approximate surface area is 134 Å². The smallest absolute Gasteiger partial charge is 0.143 e. The third-order valence-corrected chi connectivity index (χ3v) is 4.08. The number of nitrogen functional groups attached to an aromatic ring is 1. The lowest BCUT2D eigenvalue weighted by atomic mass is 9.92. The molecule has 0 unspecified atom stereocenters. The fraction of sp³-hybridized carbons (Fsp3) is 0.333. The van der Waals surface area contributed by atoms with Gasteiger partial charge in [-0.1, -0.05) is 38.4 Å². The van der Waals surface area contributed by atoms with Gasteiger partial charge in [-0.15, -0.1) is 11.8 Å². The average Bonchev–Trinajstić information content (AvgIpc) is 2.44. The summed E-state index contributed by atoms with van der Waals surface area (Å²) in [6, 6.07) is 9.63. The molecular formula is C15H19ClN4S. The molecule has 2 aromatic rings. The molecule has 0 bridgehead atoms. The van der Waals surface area contributed by atoms with Gasteiger partial charge in [0.2, 0.25) is 0 Å². The fourth-order valence-corrected chi connectivity index (χ4v) is 2.79. The first-order valence-corrected chi connectivity index (χ1v) is 7.98. The molecule has 2 rings (SSSR count). The molecule has 0 amide bonds. The zero-order chi connectivity index (χ0) is 15.5. The standard InChI is InChI=1S/C15H19ClN4S/c1-15(2,3)12-8-13(20-17)19-14(18-12)9-21-11-6-4-5-10(16)7-11/h4-8H,9,17H2,1-3H3,(H,18,19,20). The second-order valence-corrected chi connectivity index (χ2v) is 7.18. The highest BCUT2D eigenvalue weighted by atomic mass is 35.5. The first-order chi connectivity index (χ1) is 9.88. The molecule has 0 saturated heterocycles. The first kappa shape index (κ1) is 16.1. The molecule has 21 heavy (non-hydrogen) atoms. The van der Waals surface area contributed by atoms with E-state index in [0.717, 1.165) is 21.4 Å². The predicted octanol–water partition coefficient (Wildman–Crippen LogP) is 4.01. The summed E-state index contributed by atoms with van der Waals surface area (Å²) in [5, 5.41) is 0.730. The van der Waals surface area contributed by atoms with E-state index in [-0.39, 0.29) is 5.41 Å². The van der Waals surface area contributed by atoms with Crippen LogP contribution in [0.1, 0.15) is 32.3 Å². The Hall–Kier alpha value is -1.30. The number of nitrogens with two attached hydrogens (primary N) is 1. The second-order valence-electron chi connectivity index (χ2n) is 5.70. The molecule has 0 spiro atoms. The van der Waals surface area contributed by atoms with Gasteiger partial charge in [0.25, 0.3) is 0 Å². The van der Waals surface area contributed by atoms with Gasteiger partial charge < -0.3 is 5.43 Å². The van der Waals surface area contributed by atoms with E-state index in [1.54, 1.807) is 11.8 Å². The number of hydrogen-bond donors (Lipinski definition) is 2. The maximum absolute atomic E-state index is 5.99. The van der Waals surface area contributed by atoms with Crippen molar-refractivity contribution in [2.75, 3.05) is 5.43 Å². The molecule has 4 nitrogen and oxygen atoms in total. The molecule has 0 aliphatic heterocycles. The lowest BCUT2D eigenvalue weighted by molar-refractivity contribution is 0.564. The van der Waals surface area contributed by atoms with E-state index in [0.29, 0.717) is 11.6 Å². The van der Waals surface area contributed by atoms with E-state index in [9.17, 15) is 0 Å². The number of halogens is 1. The van der Waals surface area contributed by atoms with Crippen molar-refractivity contribution < 1.29 is 0 Å². The van der Waals surface area contributed by atoms with Gasteiger partial charge in [-0.2, -0.15) is 0 Å². The fourth-order valence-electron chi connectivity index (χ4n) is 1.72. The van der Waals surface area contributed by atoms with Gasteiger partial charge in [0.05, 0.1) is 11.4 Å². The van der Waals surface area contributed by atoms with Crippen molar-refractivity contribution in [2.45, 2.75) is 36.8 Å². The van der Waals surface area contributed by atoms with E-state index in [2.05, 4.69) is 36.2 Å². The largest absolute Gasteiger partial charge is 0.308 e. The van der Waals surface area contributed by atoms with Crippen LogP contribution in [0, 0.1) is 0 Å². The van der Waals surface area contributed by atoms with Gasteiger partial charge in [0, 0.05) is 21.4 Å². The highest BCUT2D eigenvalue weighted by Crippen LogP contribution is 2.26. The summed E-state index contributed by atoms with van der Waals surface area (Å²) in [7, 11) is 0. The molecule has 0 radical (unpaired) electrons.